The summed E-state index contributed by atoms with van der Waals surface area (Å²) in [7, 11) is 0. The average molecular weight is 316 g/mol. The predicted octanol–water partition coefficient (Wildman–Crippen LogP) is 3.57. The van der Waals surface area contributed by atoms with Crippen molar-refractivity contribution in [1.82, 2.24) is 14.3 Å². The molecule has 1 aromatic heterocycles. The van der Waals surface area contributed by atoms with Crippen LogP contribution in [0.15, 0.2) is 24.3 Å². The van der Waals surface area contributed by atoms with Crippen LogP contribution in [0, 0.1) is 13.8 Å². The first-order valence-corrected chi connectivity index (χ1v) is 8.32. The molecule has 1 aromatic carbocycles. The maximum Gasteiger partial charge on any atom is 0.323 e. The lowest BCUT2D eigenvalue weighted by molar-refractivity contribution is 0.193. The second-order valence-corrected chi connectivity index (χ2v) is 6.53. The molecule has 2 amide bonds. The van der Waals surface area contributed by atoms with Crippen LogP contribution in [0.25, 0.3) is 0 Å². The number of nitrogens with one attached hydrogen (secondary N) is 1. The summed E-state index contributed by atoms with van der Waals surface area (Å²) in [5.74, 6) is 1.10. The van der Waals surface area contributed by atoms with Crippen molar-refractivity contribution in [3.8, 4) is 0 Å². The number of hydrogen-bond acceptors (Lipinski definition) is 4. The van der Waals surface area contributed by atoms with Gasteiger partial charge in [-0.1, -0.05) is 29.8 Å². The van der Waals surface area contributed by atoms with Crippen LogP contribution in [0.4, 0.5) is 9.93 Å². The van der Waals surface area contributed by atoms with E-state index in [2.05, 4.69) is 45.9 Å². The molecule has 1 saturated heterocycles. The third-order valence-corrected chi connectivity index (χ3v) is 4.69. The molecule has 3 rings (SSSR count). The third kappa shape index (κ3) is 3.44. The van der Waals surface area contributed by atoms with Gasteiger partial charge in [-0.25, -0.2) is 9.78 Å². The van der Waals surface area contributed by atoms with Gasteiger partial charge in [0.05, 0.1) is 0 Å². The summed E-state index contributed by atoms with van der Waals surface area (Å²) in [5, 5.41) is 3.42. The number of hydrogen-bond donors (Lipinski definition) is 1. The number of rotatable bonds is 2. The second kappa shape index (κ2) is 6.44. The van der Waals surface area contributed by atoms with E-state index < -0.39 is 0 Å². The molecule has 0 spiro atoms. The van der Waals surface area contributed by atoms with Gasteiger partial charge in [0.2, 0.25) is 5.13 Å². The average Bonchev–Trinajstić information content (AvgIpc) is 2.92. The van der Waals surface area contributed by atoms with E-state index in [1.807, 2.05) is 11.8 Å². The number of aryl methyl sites for hydroxylation is 2. The number of nitrogens with zero attached hydrogens (tertiary/aromatic N) is 3. The molecular formula is C16H20N4OS. The van der Waals surface area contributed by atoms with Crippen molar-refractivity contribution in [3.05, 3.63) is 41.2 Å². The lowest BCUT2D eigenvalue weighted by Gasteiger charge is -2.32. The first kappa shape index (κ1) is 15.0. The largest absolute Gasteiger partial charge is 0.324 e. The van der Waals surface area contributed by atoms with Gasteiger partial charge in [0.1, 0.15) is 5.82 Å². The summed E-state index contributed by atoms with van der Waals surface area (Å²) in [6, 6.07) is 8.50. The van der Waals surface area contributed by atoms with E-state index in [0.29, 0.717) is 16.9 Å². The highest BCUT2D eigenvalue weighted by Gasteiger charge is 2.25. The van der Waals surface area contributed by atoms with Crippen molar-refractivity contribution >= 4 is 22.7 Å². The van der Waals surface area contributed by atoms with Crippen molar-refractivity contribution in [3.63, 3.8) is 0 Å². The SMILES string of the molecule is Cc1cccc([C@@H]2CCCN(C(=O)Nc3nc(C)ns3)C2)c1. The van der Waals surface area contributed by atoms with Gasteiger partial charge in [-0.2, -0.15) is 4.37 Å². The summed E-state index contributed by atoms with van der Waals surface area (Å²) >= 11 is 1.22. The van der Waals surface area contributed by atoms with Crippen LogP contribution in [0.5, 0.6) is 0 Å². The molecule has 1 N–H and O–H groups in total. The lowest BCUT2D eigenvalue weighted by atomic mass is 9.90. The molecule has 5 nitrogen and oxygen atoms in total. The quantitative estimate of drug-likeness (QED) is 0.921. The van der Waals surface area contributed by atoms with Gasteiger partial charge in [0.15, 0.2) is 0 Å². The highest BCUT2D eigenvalue weighted by molar-refractivity contribution is 7.09. The van der Waals surface area contributed by atoms with Crippen molar-refractivity contribution in [2.45, 2.75) is 32.6 Å². The van der Waals surface area contributed by atoms with Crippen LogP contribution in [0.1, 0.15) is 35.7 Å². The lowest BCUT2D eigenvalue weighted by Crippen LogP contribution is -2.41. The van der Waals surface area contributed by atoms with Gasteiger partial charge in [0, 0.05) is 30.5 Å². The first-order chi connectivity index (χ1) is 10.6. The van der Waals surface area contributed by atoms with Crippen molar-refractivity contribution in [2.75, 3.05) is 18.4 Å². The number of aromatic nitrogens is 2. The number of carbonyl (C=O) groups is 1. The van der Waals surface area contributed by atoms with Gasteiger partial charge >= 0.3 is 6.03 Å². The van der Waals surface area contributed by atoms with Crippen LogP contribution < -0.4 is 5.32 Å². The van der Waals surface area contributed by atoms with E-state index in [0.717, 1.165) is 25.9 Å². The molecule has 0 unspecified atom stereocenters. The first-order valence-electron chi connectivity index (χ1n) is 7.54. The van der Waals surface area contributed by atoms with Crippen LogP contribution in [-0.2, 0) is 0 Å². The monoisotopic (exact) mass is 316 g/mol. The minimum atomic E-state index is -0.0755. The number of carbonyl (C=O) groups excluding carboxylic acids is 1. The van der Waals surface area contributed by atoms with Crippen molar-refractivity contribution in [1.29, 1.82) is 0 Å². The highest BCUT2D eigenvalue weighted by Crippen LogP contribution is 2.27. The van der Waals surface area contributed by atoms with Gasteiger partial charge in [-0.3, -0.25) is 5.32 Å². The maximum absolute atomic E-state index is 12.4. The Bertz CT molecular complexity index is 670. The van der Waals surface area contributed by atoms with E-state index >= 15 is 0 Å². The summed E-state index contributed by atoms with van der Waals surface area (Å²) in [6.45, 7) is 5.48. The van der Waals surface area contributed by atoms with E-state index in [-0.39, 0.29) is 6.03 Å². The molecule has 116 valence electrons. The highest BCUT2D eigenvalue weighted by atomic mass is 32.1. The second-order valence-electron chi connectivity index (χ2n) is 5.78. The molecule has 0 radical (unpaired) electrons. The molecule has 1 atom stereocenters. The minimum absolute atomic E-state index is 0.0755. The molecule has 0 saturated carbocycles. The van der Waals surface area contributed by atoms with Gasteiger partial charge < -0.3 is 4.90 Å². The topological polar surface area (TPSA) is 58.1 Å². The predicted molar refractivity (Wildman–Crippen MR) is 88.4 cm³/mol. The summed E-state index contributed by atoms with van der Waals surface area (Å²) in [5.41, 5.74) is 2.59. The summed E-state index contributed by atoms with van der Waals surface area (Å²) in [6.07, 6.45) is 2.16. The minimum Gasteiger partial charge on any atom is -0.324 e. The Labute approximate surface area is 134 Å². The normalized spacial score (nSPS) is 18.3. The third-order valence-electron chi connectivity index (χ3n) is 3.96. The summed E-state index contributed by atoms with van der Waals surface area (Å²) in [4.78, 5) is 18.4. The smallest absolute Gasteiger partial charge is 0.323 e. The van der Waals surface area contributed by atoms with Crippen LogP contribution in [0.3, 0.4) is 0 Å². The fourth-order valence-electron chi connectivity index (χ4n) is 2.88. The zero-order chi connectivity index (χ0) is 15.5. The molecule has 1 fully saturated rings. The fraction of sp³-hybridized carbons (Fsp3) is 0.438. The molecule has 2 aromatic rings. The Morgan fingerprint density at radius 1 is 1.41 bits per heavy atom. The zero-order valence-corrected chi connectivity index (χ0v) is 13.7. The number of benzene rings is 1. The Morgan fingerprint density at radius 3 is 3.00 bits per heavy atom. The zero-order valence-electron chi connectivity index (χ0n) is 12.9. The van der Waals surface area contributed by atoms with E-state index in [1.165, 1.54) is 22.7 Å². The Balaban J connectivity index is 1.66. The molecule has 1 aliphatic heterocycles. The summed E-state index contributed by atoms with van der Waals surface area (Å²) < 4.78 is 4.08. The van der Waals surface area contributed by atoms with Crippen LogP contribution >= 0.6 is 11.5 Å². The standard InChI is InChI=1S/C16H20N4OS/c1-11-5-3-6-13(9-11)14-7-4-8-20(10-14)16(21)18-15-17-12(2)19-22-15/h3,5-6,9,14H,4,7-8,10H2,1-2H3,(H,17,18,19,21)/t14-/m1/s1. The Morgan fingerprint density at radius 2 is 2.27 bits per heavy atom. The fourth-order valence-corrected chi connectivity index (χ4v) is 3.44. The molecular weight excluding hydrogens is 296 g/mol. The van der Waals surface area contributed by atoms with Gasteiger partial charge in [-0.15, -0.1) is 0 Å². The van der Waals surface area contributed by atoms with Gasteiger partial charge in [0.25, 0.3) is 0 Å². The van der Waals surface area contributed by atoms with Crippen LogP contribution in [-0.4, -0.2) is 33.4 Å². The number of likely N-dealkylation sites (tertiary alicyclic amines) is 1. The Kier molecular flexibility index (Phi) is 4.38. The molecule has 22 heavy (non-hydrogen) atoms. The molecule has 0 aliphatic carbocycles. The van der Waals surface area contributed by atoms with E-state index in [4.69, 9.17) is 0 Å². The molecule has 6 heteroatoms. The maximum atomic E-state index is 12.4. The number of piperidine rings is 1. The number of anilines is 1. The Hall–Kier alpha value is -1.95. The van der Waals surface area contributed by atoms with Gasteiger partial charge in [-0.05, 0) is 32.3 Å². The van der Waals surface area contributed by atoms with Crippen molar-refractivity contribution in [2.24, 2.45) is 0 Å². The molecule has 2 heterocycles. The van der Waals surface area contributed by atoms with Crippen molar-refractivity contribution < 1.29 is 4.79 Å². The van der Waals surface area contributed by atoms with E-state index in [9.17, 15) is 4.79 Å². The number of amides is 2. The molecule has 1 aliphatic rings. The number of urea groups is 1. The molecule has 0 bridgehead atoms. The van der Waals surface area contributed by atoms with E-state index in [1.54, 1.807) is 0 Å². The van der Waals surface area contributed by atoms with Crippen LogP contribution in [0.2, 0.25) is 0 Å².